The summed E-state index contributed by atoms with van der Waals surface area (Å²) in [6.45, 7) is 4.48. The highest BCUT2D eigenvalue weighted by molar-refractivity contribution is 8.00. The first-order chi connectivity index (χ1) is 14.7. The van der Waals surface area contributed by atoms with Gasteiger partial charge in [-0.2, -0.15) is 15.0 Å². The van der Waals surface area contributed by atoms with E-state index in [1.807, 2.05) is 42.6 Å². The molecule has 4 rings (SSSR count). The number of carbonyl (C=O) groups is 1. The molecule has 1 aliphatic rings. The summed E-state index contributed by atoms with van der Waals surface area (Å²) < 4.78 is 5.43. The Bertz CT molecular complexity index is 966. The number of benzene rings is 1. The highest BCUT2D eigenvalue weighted by Crippen LogP contribution is 2.25. The first kappa shape index (κ1) is 20.5. The predicted molar refractivity (Wildman–Crippen MR) is 119 cm³/mol. The number of rotatable bonds is 7. The molecule has 1 aliphatic heterocycles. The maximum atomic E-state index is 12.5. The number of anilines is 4. The van der Waals surface area contributed by atoms with Crippen LogP contribution in [0.4, 0.5) is 22.7 Å². The number of thioether (sulfide) groups is 1. The van der Waals surface area contributed by atoms with Gasteiger partial charge >= 0.3 is 0 Å². The Hall–Kier alpha value is -2.76. The molecule has 0 unspecified atom stereocenters. The van der Waals surface area contributed by atoms with Gasteiger partial charge < -0.3 is 20.3 Å². The Balaban J connectivity index is 1.54. The van der Waals surface area contributed by atoms with Gasteiger partial charge in [0.15, 0.2) is 10.3 Å². The number of hydrogen-bond acceptors (Lipinski definition) is 10. The Morgan fingerprint density at radius 2 is 2.00 bits per heavy atom. The Kier molecular flexibility index (Phi) is 6.72. The first-order valence-electron chi connectivity index (χ1n) is 9.45. The fraction of sp³-hybridized carbons (Fsp3) is 0.316. The summed E-state index contributed by atoms with van der Waals surface area (Å²) >= 11 is 2.66. The number of hydrogen-bond donors (Lipinski definition) is 2. The molecule has 1 aromatic carbocycles. The lowest BCUT2D eigenvalue weighted by Crippen LogP contribution is -2.37. The van der Waals surface area contributed by atoms with Crippen molar-refractivity contribution in [1.29, 1.82) is 0 Å². The van der Waals surface area contributed by atoms with Crippen molar-refractivity contribution in [2.45, 2.75) is 17.3 Å². The highest BCUT2D eigenvalue weighted by atomic mass is 32.2. The third kappa shape index (κ3) is 5.43. The zero-order chi connectivity index (χ0) is 20.8. The van der Waals surface area contributed by atoms with Crippen LogP contribution in [0.2, 0.25) is 0 Å². The normalized spacial score (nSPS) is 14.9. The molecule has 156 valence electrons. The van der Waals surface area contributed by atoms with Crippen molar-refractivity contribution in [3.05, 3.63) is 41.9 Å². The molecular weight excluding hydrogens is 422 g/mol. The number of nitrogens with one attached hydrogen (secondary N) is 2. The largest absolute Gasteiger partial charge is 0.378 e. The van der Waals surface area contributed by atoms with Crippen LogP contribution in [0.3, 0.4) is 0 Å². The molecule has 1 saturated heterocycles. The second-order valence-electron chi connectivity index (χ2n) is 6.42. The molecule has 0 spiro atoms. The molecule has 30 heavy (non-hydrogen) atoms. The van der Waals surface area contributed by atoms with E-state index in [-0.39, 0.29) is 5.91 Å². The summed E-state index contributed by atoms with van der Waals surface area (Å²) in [5.74, 6) is 0.857. The molecule has 0 radical (unpaired) electrons. The van der Waals surface area contributed by atoms with Crippen molar-refractivity contribution in [3.63, 3.8) is 0 Å². The van der Waals surface area contributed by atoms with E-state index in [0.717, 1.165) is 5.69 Å². The molecule has 2 aromatic heterocycles. The number of amides is 1. The van der Waals surface area contributed by atoms with Gasteiger partial charge in [0, 0.05) is 30.4 Å². The van der Waals surface area contributed by atoms with Crippen molar-refractivity contribution in [3.8, 4) is 0 Å². The summed E-state index contributed by atoms with van der Waals surface area (Å²) in [4.78, 5) is 32.3. The topological polar surface area (TPSA) is 105 Å². The van der Waals surface area contributed by atoms with Gasteiger partial charge in [-0.15, -0.1) is 11.3 Å². The lowest BCUT2D eigenvalue weighted by atomic mass is 10.3. The average molecular weight is 444 g/mol. The van der Waals surface area contributed by atoms with Crippen molar-refractivity contribution in [2.24, 2.45) is 0 Å². The number of thiazole rings is 1. The van der Waals surface area contributed by atoms with E-state index in [1.54, 1.807) is 6.20 Å². The molecule has 3 aromatic rings. The minimum absolute atomic E-state index is 0.152. The number of carbonyl (C=O) groups excluding carboxylic acids is 1. The summed E-state index contributed by atoms with van der Waals surface area (Å²) in [5, 5.41) is 8.49. The van der Waals surface area contributed by atoms with Crippen molar-refractivity contribution < 1.29 is 9.53 Å². The monoisotopic (exact) mass is 443 g/mol. The molecule has 0 saturated carbocycles. The molecule has 1 fully saturated rings. The molecule has 9 nitrogen and oxygen atoms in total. The Morgan fingerprint density at radius 3 is 2.73 bits per heavy atom. The Morgan fingerprint density at radius 1 is 1.20 bits per heavy atom. The molecule has 1 amide bonds. The summed E-state index contributed by atoms with van der Waals surface area (Å²) in [6, 6.07) is 9.70. The lowest BCUT2D eigenvalue weighted by molar-refractivity contribution is -0.115. The maximum absolute atomic E-state index is 12.5. The summed E-state index contributed by atoms with van der Waals surface area (Å²) in [5.41, 5.74) is 0.877. The molecular formula is C19H21N7O2S2. The van der Waals surface area contributed by atoms with Gasteiger partial charge in [0.2, 0.25) is 17.8 Å². The van der Waals surface area contributed by atoms with E-state index in [0.29, 0.717) is 48.5 Å². The SMILES string of the molecule is C[C@H](Sc1nc(Nc2ccccc2)nc(N2CCOCC2)n1)C(=O)Nc1nccs1. The van der Waals surface area contributed by atoms with Crippen molar-refractivity contribution in [1.82, 2.24) is 19.9 Å². The summed E-state index contributed by atoms with van der Waals surface area (Å²) in [7, 11) is 0. The minimum atomic E-state index is -0.404. The fourth-order valence-corrected chi connectivity index (χ4v) is 4.00. The molecule has 3 heterocycles. The van der Waals surface area contributed by atoms with Gasteiger partial charge in [0.25, 0.3) is 0 Å². The minimum Gasteiger partial charge on any atom is -0.378 e. The second kappa shape index (κ2) is 9.83. The Labute approximate surface area is 182 Å². The zero-order valence-corrected chi connectivity index (χ0v) is 17.9. The van der Waals surface area contributed by atoms with Crippen molar-refractivity contribution in [2.75, 3.05) is 41.8 Å². The number of para-hydroxylation sites is 1. The van der Waals surface area contributed by atoms with Crippen LogP contribution in [0.25, 0.3) is 0 Å². The van der Waals surface area contributed by atoms with E-state index in [2.05, 4.69) is 35.5 Å². The van der Waals surface area contributed by atoms with Crippen LogP contribution < -0.4 is 15.5 Å². The highest BCUT2D eigenvalue weighted by Gasteiger charge is 2.21. The number of ether oxygens (including phenoxy) is 1. The maximum Gasteiger partial charge on any atom is 0.239 e. The van der Waals surface area contributed by atoms with Gasteiger partial charge in [-0.05, 0) is 19.1 Å². The van der Waals surface area contributed by atoms with Gasteiger partial charge in [0.1, 0.15) is 0 Å². The standard InChI is InChI=1S/C19H21N7O2S2/c1-13(15(27)22-18-20-7-12-29-18)30-19-24-16(21-14-5-3-2-4-6-14)23-17(25-19)26-8-10-28-11-9-26/h2-7,12-13H,8-11H2,1H3,(H,20,22,27)(H,21,23,24,25)/t13-/m0/s1. The van der Waals surface area contributed by atoms with Crippen LogP contribution in [0, 0.1) is 0 Å². The molecule has 0 aliphatic carbocycles. The third-order valence-corrected chi connectivity index (χ3v) is 5.89. The summed E-state index contributed by atoms with van der Waals surface area (Å²) in [6.07, 6.45) is 1.65. The van der Waals surface area contributed by atoms with Gasteiger partial charge in [0.05, 0.1) is 18.5 Å². The molecule has 2 N–H and O–H groups in total. The van der Waals surface area contributed by atoms with Crippen LogP contribution in [0.5, 0.6) is 0 Å². The van der Waals surface area contributed by atoms with Gasteiger partial charge in [-0.1, -0.05) is 30.0 Å². The number of morpholine rings is 1. The average Bonchev–Trinajstić information content (AvgIpc) is 3.28. The molecule has 0 bridgehead atoms. The van der Waals surface area contributed by atoms with E-state index < -0.39 is 5.25 Å². The van der Waals surface area contributed by atoms with Gasteiger partial charge in [-0.25, -0.2) is 4.98 Å². The van der Waals surface area contributed by atoms with E-state index in [4.69, 9.17) is 4.74 Å². The van der Waals surface area contributed by atoms with Crippen LogP contribution in [-0.4, -0.2) is 57.4 Å². The second-order valence-corrected chi connectivity index (χ2v) is 8.62. The molecule has 1 atom stereocenters. The third-order valence-electron chi connectivity index (χ3n) is 4.24. The van der Waals surface area contributed by atoms with Crippen molar-refractivity contribution >= 4 is 51.7 Å². The van der Waals surface area contributed by atoms with Crippen LogP contribution in [-0.2, 0) is 9.53 Å². The fourth-order valence-electron chi connectivity index (χ4n) is 2.71. The first-order valence-corrected chi connectivity index (χ1v) is 11.2. The van der Waals surface area contributed by atoms with E-state index in [1.165, 1.54) is 23.1 Å². The molecule has 11 heteroatoms. The van der Waals surface area contributed by atoms with Gasteiger partial charge in [-0.3, -0.25) is 4.79 Å². The quantitative estimate of drug-likeness (QED) is 0.533. The zero-order valence-electron chi connectivity index (χ0n) is 16.3. The predicted octanol–water partition coefficient (Wildman–Crippen LogP) is 3.03. The van der Waals surface area contributed by atoms with Crippen LogP contribution in [0.15, 0.2) is 47.1 Å². The smallest absolute Gasteiger partial charge is 0.239 e. The number of nitrogens with zero attached hydrogens (tertiary/aromatic N) is 5. The van der Waals surface area contributed by atoms with Crippen LogP contribution >= 0.6 is 23.1 Å². The number of aromatic nitrogens is 4. The van der Waals surface area contributed by atoms with E-state index in [9.17, 15) is 4.79 Å². The van der Waals surface area contributed by atoms with E-state index >= 15 is 0 Å². The van der Waals surface area contributed by atoms with Crippen LogP contribution in [0.1, 0.15) is 6.92 Å². The lowest BCUT2D eigenvalue weighted by Gasteiger charge is -2.27.